The van der Waals surface area contributed by atoms with Gasteiger partial charge in [-0.25, -0.2) is 0 Å². The van der Waals surface area contributed by atoms with Crippen LogP contribution >= 0.6 is 23.4 Å². The monoisotopic (exact) mass is 444 g/mol. The molecule has 1 heterocycles. The van der Waals surface area contributed by atoms with Crippen LogP contribution in [0.25, 0.3) is 6.08 Å². The van der Waals surface area contributed by atoms with Crippen molar-refractivity contribution >= 4 is 46.3 Å². The van der Waals surface area contributed by atoms with E-state index in [0.717, 1.165) is 41.7 Å². The normalized spacial score (nSPS) is 15.2. The van der Waals surface area contributed by atoms with Gasteiger partial charge in [0.25, 0.3) is 11.1 Å². The summed E-state index contributed by atoms with van der Waals surface area (Å²) in [6.45, 7) is 8.66. The number of anilines is 1. The van der Waals surface area contributed by atoms with Crippen LogP contribution in [-0.4, -0.2) is 35.7 Å². The largest absolute Gasteiger partial charge is 0.493 e. The lowest BCUT2D eigenvalue weighted by atomic mass is 10.1. The summed E-state index contributed by atoms with van der Waals surface area (Å²) < 4.78 is 5.82. The van der Waals surface area contributed by atoms with Crippen molar-refractivity contribution in [1.29, 1.82) is 0 Å². The van der Waals surface area contributed by atoms with E-state index in [1.54, 1.807) is 18.2 Å². The molecule has 0 saturated carbocycles. The molecule has 30 heavy (non-hydrogen) atoms. The topological polar surface area (TPSA) is 49.9 Å². The van der Waals surface area contributed by atoms with E-state index in [-0.39, 0.29) is 17.7 Å². The Morgan fingerprint density at radius 3 is 2.40 bits per heavy atom. The maximum absolute atomic E-state index is 12.9. The first-order valence-electron chi connectivity index (χ1n) is 9.98. The quantitative estimate of drug-likeness (QED) is 0.480. The Morgan fingerprint density at radius 2 is 1.77 bits per heavy atom. The number of nitrogens with zero attached hydrogens (tertiary/aromatic N) is 2. The van der Waals surface area contributed by atoms with Gasteiger partial charge in [0.05, 0.1) is 18.1 Å². The Hall–Kier alpha value is -2.44. The van der Waals surface area contributed by atoms with Gasteiger partial charge in [-0.1, -0.05) is 23.7 Å². The van der Waals surface area contributed by atoms with Crippen LogP contribution in [0.3, 0.4) is 0 Å². The van der Waals surface area contributed by atoms with E-state index in [4.69, 9.17) is 16.3 Å². The summed E-state index contributed by atoms with van der Waals surface area (Å²) >= 11 is 6.86. The third kappa shape index (κ3) is 4.99. The number of amides is 2. The zero-order valence-corrected chi connectivity index (χ0v) is 18.9. The lowest BCUT2D eigenvalue weighted by Crippen LogP contribution is -2.27. The fraction of sp³-hybridized carbons (Fsp3) is 0.304. The number of rotatable bonds is 8. The van der Waals surface area contributed by atoms with Crippen LogP contribution in [0.1, 0.15) is 31.9 Å². The lowest BCUT2D eigenvalue weighted by molar-refractivity contribution is -0.123. The Morgan fingerprint density at radius 1 is 1.07 bits per heavy atom. The second kappa shape index (κ2) is 10.0. The first-order valence-corrected chi connectivity index (χ1v) is 11.2. The lowest BCUT2D eigenvalue weighted by Gasteiger charge is -2.22. The summed E-state index contributed by atoms with van der Waals surface area (Å²) in [5.74, 6) is 0.404. The molecule has 158 valence electrons. The second-order valence-electron chi connectivity index (χ2n) is 6.72. The van der Waals surface area contributed by atoms with E-state index in [9.17, 15) is 9.59 Å². The molecule has 3 rings (SSSR count). The van der Waals surface area contributed by atoms with Crippen LogP contribution in [0.5, 0.6) is 5.75 Å². The summed E-state index contributed by atoms with van der Waals surface area (Å²) in [5.41, 5.74) is 2.70. The van der Waals surface area contributed by atoms with Crippen LogP contribution < -0.4 is 9.64 Å². The van der Waals surface area contributed by atoms with E-state index in [1.165, 1.54) is 4.90 Å². The fourth-order valence-electron chi connectivity index (χ4n) is 3.26. The average Bonchev–Trinajstić information content (AvgIpc) is 3.00. The van der Waals surface area contributed by atoms with Crippen molar-refractivity contribution in [3.8, 4) is 5.75 Å². The Balaban J connectivity index is 1.86. The Bertz CT molecular complexity index is 955. The van der Waals surface area contributed by atoms with Gasteiger partial charge in [0.15, 0.2) is 0 Å². The van der Waals surface area contributed by atoms with Crippen LogP contribution in [0, 0.1) is 0 Å². The van der Waals surface area contributed by atoms with Crippen LogP contribution in [0.4, 0.5) is 10.5 Å². The number of thioether (sulfide) groups is 1. The van der Waals surface area contributed by atoms with E-state index in [2.05, 4.69) is 18.7 Å². The third-order valence-electron chi connectivity index (χ3n) is 4.84. The van der Waals surface area contributed by atoms with Crippen molar-refractivity contribution in [2.45, 2.75) is 27.3 Å². The highest BCUT2D eigenvalue weighted by molar-refractivity contribution is 8.18. The van der Waals surface area contributed by atoms with Gasteiger partial charge in [0.1, 0.15) is 5.75 Å². The zero-order chi connectivity index (χ0) is 21.7. The zero-order valence-electron chi connectivity index (χ0n) is 17.4. The van der Waals surface area contributed by atoms with Gasteiger partial charge in [0, 0.05) is 35.4 Å². The smallest absolute Gasteiger partial charge is 0.293 e. The van der Waals surface area contributed by atoms with Crippen LogP contribution in [0.2, 0.25) is 5.02 Å². The van der Waals surface area contributed by atoms with Gasteiger partial charge in [-0.2, -0.15) is 0 Å². The molecule has 0 unspecified atom stereocenters. The fourth-order valence-corrected chi connectivity index (χ4v) is 4.21. The molecule has 7 heteroatoms. The number of hydrogen-bond donors (Lipinski definition) is 0. The van der Waals surface area contributed by atoms with Crippen LogP contribution in [-0.2, 0) is 11.3 Å². The summed E-state index contributed by atoms with van der Waals surface area (Å²) in [4.78, 5) is 29.2. The molecular weight excluding hydrogens is 420 g/mol. The number of hydrogen-bond acceptors (Lipinski definition) is 5. The predicted molar refractivity (Wildman–Crippen MR) is 124 cm³/mol. The average molecular weight is 445 g/mol. The van der Waals surface area contributed by atoms with Crippen molar-refractivity contribution < 1.29 is 14.3 Å². The molecule has 2 aromatic carbocycles. The van der Waals surface area contributed by atoms with Gasteiger partial charge >= 0.3 is 0 Å². The minimum absolute atomic E-state index is 0.221. The molecule has 0 aromatic heterocycles. The second-order valence-corrected chi connectivity index (χ2v) is 8.15. The molecule has 0 atom stereocenters. The number of ether oxygens (including phenoxy) is 1. The van der Waals surface area contributed by atoms with Crippen molar-refractivity contribution in [3.05, 3.63) is 63.5 Å². The molecule has 0 radical (unpaired) electrons. The van der Waals surface area contributed by atoms with Crippen molar-refractivity contribution in [3.63, 3.8) is 0 Å². The Labute approximate surface area is 186 Å². The summed E-state index contributed by atoms with van der Waals surface area (Å²) in [7, 11) is 0. The maximum Gasteiger partial charge on any atom is 0.293 e. The van der Waals surface area contributed by atoms with E-state index >= 15 is 0 Å². The molecule has 1 aliphatic rings. The van der Waals surface area contributed by atoms with E-state index in [1.807, 2.05) is 37.3 Å². The summed E-state index contributed by atoms with van der Waals surface area (Å²) in [6.07, 6.45) is 1.74. The van der Waals surface area contributed by atoms with Crippen molar-refractivity contribution in [2.75, 3.05) is 24.6 Å². The number of halogens is 1. The summed E-state index contributed by atoms with van der Waals surface area (Å²) in [6, 6.07) is 13.1. The van der Waals surface area contributed by atoms with E-state index in [0.29, 0.717) is 22.3 Å². The number of benzene rings is 2. The first-order chi connectivity index (χ1) is 14.5. The molecule has 1 saturated heterocycles. The van der Waals surface area contributed by atoms with Gasteiger partial charge in [-0.15, -0.1) is 0 Å². The molecule has 0 N–H and O–H groups in total. The Kier molecular flexibility index (Phi) is 7.45. The van der Waals surface area contributed by atoms with Gasteiger partial charge in [-0.3, -0.25) is 14.5 Å². The molecular formula is C23H25ClN2O3S. The van der Waals surface area contributed by atoms with Gasteiger partial charge in [0.2, 0.25) is 0 Å². The highest BCUT2D eigenvalue weighted by Crippen LogP contribution is 2.36. The number of carbonyl (C=O) groups is 2. The molecule has 5 nitrogen and oxygen atoms in total. The van der Waals surface area contributed by atoms with Crippen LogP contribution in [0.15, 0.2) is 47.4 Å². The van der Waals surface area contributed by atoms with E-state index < -0.39 is 0 Å². The first kappa shape index (κ1) is 22.2. The molecule has 0 aliphatic carbocycles. The molecule has 2 amide bonds. The molecule has 1 aliphatic heterocycles. The molecule has 0 spiro atoms. The highest BCUT2D eigenvalue weighted by Gasteiger charge is 2.35. The minimum atomic E-state index is -0.296. The molecule has 1 fully saturated rings. The summed E-state index contributed by atoms with van der Waals surface area (Å²) in [5, 5.41) is 0.336. The minimum Gasteiger partial charge on any atom is -0.493 e. The number of carbonyl (C=O) groups excluding carboxylic acids is 2. The van der Waals surface area contributed by atoms with Crippen molar-refractivity contribution in [1.82, 2.24) is 4.90 Å². The predicted octanol–water partition coefficient (Wildman–Crippen LogP) is 5.82. The molecule has 0 bridgehead atoms. The number of imide groups is 1. The third-order valence-corrected chi connectivity index (χ3v) is 6.00. The standard InChI is InChI=1S/C23H25ClN2O3S/c1-4-25(5-2)19-12-9-17(20(14-19)29-6-3)13-21-22(27)26(23(28)30-21)15-16-7-10-18(24)11-8-16/h7-14H,4-6,15H2,1-3H3/b21-13-. The van der Waals surface area contributed by atoms with Gasteiger partial charge < -0.3 is 9.64 Å². The SMILES string of the molecule is CCOc1cc(N(CC)CC)ccc1/C=C1\SC(=O)N(Cc2ccc(Cl)cc2)C1=O. The van der Waals surface area contributed by atoms with Crippen molar-refractivity contribution in [2.24, 2.45) is 0 Å². The van der Waals surface area contributed by atoms with Gasteiger partial charge in [-0.05, 0) is 68.4 Å². The molecule has 2 aromatic rings. The highest BCUT2D eigenvalue weighted by atomic mass is 35.5. The maximum atomic E-state index is 12.9.